The molecule has 1 aromatic carbocycles. The van der Waals surface area contributed by atoms with Crippen LogP contribution in [-0.4, -0.2) is 35.4 Å². The number of fused-ring (bicyclic) bond motifs is 1. The lowest BCUT2D eigenvalue weighted by molar-refractivity contribution is 0.102. The highest BCUT2D eigenvalue weighted by Gasteiger charge is 2.19. The Hall–Kier alpha value is -4.33. The zero-order valence-corrected chi connectivity index (χ0v) is 17.9. The molecule has 0 spiro atoms. The Labute approximate surface area is 184 Å². The third-order valence-corrected chi connectivity index (χ3v) is 5.32. The van der Waals surface area contributed by atoms with E-state index in [0.717, 1.165) is 22.2 Å². The summed E-state index contributed by atoms with van der Waals surface area (Å²) in [6.07, 6.45) is 3.24. The lowest BCUT2D eigenvalue weighted by Crippen LogP contribution is -2.16. The average Bonchev–Trinajstić information content (AvgIpc) is 3.36. The quantitative estimate of drug-likeness (QED) is 0.468. The average molecular weight is 423 g/mol. The smallest absolute Gasteiger partial charge is 0.260 e. The van der Waals surface area contributed by atoms with Gasteiger partial charge in [-0.2, -0.15) is 14.9 Å². The molecule has 0 radical (unpaired) electrons. The van der Waals surface area contributed by atoms with Crippen LogP contribution in [0, 0.1) is 20.8 Å². The van der Waals surface area contributed by atoms with Gasteiger partial charge in [-0.25, -0.2) is 14.6 Å². The maximum atomic E-state index is 13.1. The van der Waals surface area contributed by atoms with Gasteiger partial charge in [-0.15, -0.1) is 0 Å². The van der Waals surface area contributed by atoms with Crippen LogP contribution in [0.15, 0.2) is 67.0 Å². The maximum absolute atomic E-state index is 13.1. The second-order valence-electron chi connectivity index (χ2n) is 7.59. The molecule has 0 aliphatic rings. The first-order valence-electron chi connectivity index (χ1n) is 10.2. The molecule has 5 aromatic rings. The van der Waals surface area contributed by atoms with Gasteiger partial charge in [0.15, 0.2) is 11.6 Å². The van der Waals surface area contributed by atoms with E-state index in [9.17, 15) is 4.79 Å². The molecular weight excluding hydrogens is 402 g/mol. The largest absolute Gasteiger partial charge is 0.306 e. The Balaban J connectivity index is 1.49. The van der Waals surface area contributed by atoms with Crippen LogP contribution in [0.4, 0.5) is 5.82 Å². The fraction of sp³-hybridized carbons (Fsp3) is 0.125. The lowest BCUT2D eigenvalue weighted by atomic mass is 10.1. The molecule has 158 valence electrons. The fourth-order valence-corrected chi connectivity index (χ4v) is 3.73. The van der Waals surface area contributed by atoms with Gasteiger partial charge in [0.25, 0.3) is 5.91 Å². The van der Waals surface area contributed by atoms with Crippen LogP contribution in [0.5, 0.6) is 0 Å². The maximum Gasteiger partial charge on any atom is 0.260 e. The van der Waals surface area contributed by atoms with E-state index in [0.29, 0.717) is 28.7 Å². The van der Waals surface area contributed by atoms with E-state index in [1.807, 2.05) is 75.4 Å². The van der Waals surface area contributed by atoms with Crippen molar-refractivity contribution in [1.82, 2.24) is 29.5 Å². The molecule has 0 saturated heterocycles. The molecule has 8 heteroatoms. The number of rotatable bonds is 4. The van der Waals surface area contributed by atoms with E-state index in [4.69, 9.17) is 4.98 Å². The number of amides is 1. The van der Waals surface area contributed by atoms with Crippen LogP contribution in [0.2, 0.25) is 0 Å². The van der Waals surface area contributed by atoms with E-state index in [1.165, 1.54) is 0 Å². The molecule has 1 amide bonds. The zero-order chi connectivity index (χ0) is 22.2. The molecule has 0 saturated carbocycles. The van der Waals surface area contributed by atoms with Crippen LogP contribution in [-0.2, 0) is 0 Å². The second-order valence-corrected chi connectivity index (χ2v) is 7.59. The Morgan fingerprint density at radius 3 is 2.56 bits per heavy atom. The predicted octanol–water partition coefficient (Wildman–Crippen LogP) is 4.18. The second kappa shape index (κ2) is 7.73. The summed E-state index contributed by atoms with van der Waals surface area (Å²) in [5.41, 5.74) is 3.89. The third-order valence-electron chi connectivity index (χ3n) is 5.32. The summed E-state index contributed by atoms with van der Waals surface area (Å²) in [5.74, 6) is 1.56. The number of para-hydroxylation sites is 1. The van der Waals surface area contributed by atoms with E-state index in [-0.39, 0.29) is 5.91 Å². The summed E-state index contributed by atoms with van der Waals surface area (Å²) >= 11 is 0. The molecule has 0 bridgehead atoms. The van der Waals surface area contributed by atoms with Gasteiger partial charge in [0, 0.05) is 17.6 Å². The Morgan fingerprint density at radius 1 is 0.938 bits per heavy atom. The molecule has 0 aliphatic heterocycles. The van der Waals surface area contributed by atoms with Gasteiger partial charge in [-0.3, -0.25) is 4.79 Å². The highest BCUT2D eigenvalue weighted by atomic mass is 16.1. The van der Waals surface area contributed by atoms with Crippen LogP contribution in [0.3, 0.4) is 0 Å². The van der Waals surface area contributed by atoms with E-state index < -0.39 is 0 Å². The predicted molar refractivity (Wildman–Crippen MR) is 122 cm³/mol. The van der Waals surface area contributed by atoms with Crippen LogP contribution >= 0.6 is 0 Å². The first kappa shape index (κ1) is 19.6. The number of nitrogens with one attached hydrogen (secondary N) is 1. The Bertz CT molecular complexity index is 1450. The molecule has 32 heavy (non-hydrogen) atoms. The summed E-state index contributed by atoms with van der Waals surface area (Å²) in [7, 11) is 0. The van der Waals surface area contributed by atoms with E-state index >= 15 is 0 Å². The molecule has 0 atom stereocenters. The zero-order valence-electron chi connectivity index (χ0n) is 17.9. The van der Waals surface area contributed by atoms with Gasteiger partial charge in [-0.1, -0.05) is 24.3 Å². The van der Waals surface area contributed by atoms with Crippen molar-refractivity contribution in [2.45, 2.75) is 20.8 Å². The molecule has 0 aliphatic carbocycles. The number of carbonyl (C=O) groups excluding carboxylic acids is 1. The summed E-state index contributed by atoms with van der Waals surface area (Å²) in [5, 5.41) is 13.0. The molecule has 4 heterocycles. The molecule has 4 aromatic heterocycles. The highest BCUT2D eigenvalue weighted by Crippen LogP contribution is 2.23. The standard InChI is InChI=1S/C24H21N7O/c1-15-12-22(27-20-9-5-4-8-18(15)20)31-23(13-16(2)29-31)28-24(32)19-14-26-30(17(19)3)21-10-6-7-11-25-21/h4-14H,1-3H3,(H,28,32). The topological polar surface area (TPSA) is 90.5 Å². The molecule has 8 nitrogen and oxygen atoms in total. The number of aromatic nitrogens is 6. The van der Waals surface area contributed by atoms with Crippen molar-refractivity contribution in [3.05, 3.63) is 89.5 Å². The molecule has 0 unspecified atom stereocenters. The number of hydrogen-bond acceptors (Lipinski definition) is 5. The third kappa shape index (κ3) is 3.41. The number of anilines is 1. The number of pyridine rings is 2. The van der Waals surface area contributed by atoms with Crippen molar-refractivity contribution in [2.24, 2.45) is 0 Å². The lowest BCUT2D eigenvalue weighted by Gasteiger charge is -2.11. The van der Waals surface area contributed by atoms with E-state index in [1.54, 1.807) is 21.8 Å². The molecule has 5 rings (SSSR count). The van der Waals surface area contributed by atoms with Crippen molar-refractivity contribution in [2.75, 3.05) is 5.32 Å². The highest BCUT2D eigenvalue weighted by molar-refractivity contribution is 6.04. The van der Waals surface area contributed by atoms with Crippen LogP contribution in [0.25, 0.3) is 22.5 Å². The number of benzene rings is 1. The van der Waals surface area contributed by atoms with Gasteiger partial charge in [0.05, 0.1) is 28.7 Å². The fourth-order valence-electron chi connectivity index (χ4n) is 3.73. The van der Waals surface area contributed by atoms with Gasteiger partial charge in [-0.05, 0) is 50.6 Å². The van der Waals surface area contributed by atoms with Gasteiger partial charge in [0.2, 0.25) is 0 Å². The number of aryl methyl sites for hydroxylation is 2. The normalized spacial score (nSPS) is 11.1. The molecule has 1 N–H and O–H groups in total. The van der Waals surface area contributed by atoms with Crippen molar-refractivity contribution in [3.8, 4) is 11.6 Å². The Morgan fingerprint density at radius 2 is 1.75 bits per heavy atom. The van der Waals surface area contributed by atoms with E-state index in [2.05, 4.69) is 20.5 Å². The van der Waals surface area contributed by atoms with Gasteiger partial charge >= 0.3 is 0 Å². The van der Waals surface area contributed by atoms with Crippen molar-refractivity contribution < 1.29 is 4.79 Å². The summed E-state index contributed by atoms with van der Waals surface area (Å²) in [6, 6.07) is 17.3. The first-order chi connectivity index (χ1) is 15.5. The summed E-state index contributed by atoms with van der Waals surface area (Å²) in [6.45, 7) is 5.76. The minimum absolute atomic E-state index is 0.275. The number of nitrogens with zero attached hydrogens (tertiary/aromatic N) is 6. The minimum atomic E-state index is -0.275. The minimum Gasteiger partial charge on any atom is -0.306 e. The van der Waals surface area contributed by atoms with Crippen molar-refractivity contribution in [3.63, 3.8) is 0 Å². The molecule has 0 fully saturated rings. The monoisotopic (exact) mass is 423 g/mol. The number of carbonyl (C=O) groups is 1. The first-order valence-corrected chi connectivity index (χ1v) is 10.2. The van der Waals surface area contributed by atoms with Crippen LogP contribution in [0.1, 0.15) is 27.3 Å². The van der Waals surface area contributed by atoms with Crippen molar-refractivity contribution >= 4 is 22.6 Å². The van der Waals surface area contributed by atoms with Crippen molar-refractivity contribution in [1.29, 1.82) is 0 Å². The van der Waals surface area contributed by atoms with Gasteiger partial charge < -0.3 is 5.32 Å². The Kier molecular flexibility index (Phi) is 4.74. The number of hydrogen-bond donors (Lipinski definition) is 1. The molecular formula is C24H21N7O. The van der Waals surface area contributed by atoms with Crippen LogP contribution < -0.4 is 5.32 Å². The summed E-state index contributed by atoms with van der Waals surface area (Å²) < 4.78 is 3.30. The van der Waals surface area contributed by atoms with Gasteiger partial charge in [0.1, 0.15) is 5.82 Å². The summed E-state index contributed by atoms with van der Waals surface area (Å²) in [4.78, 5) is 22.2. The SMILES string of the molecule is Cc1cc(NC(=O)c2cnn(-c3ccccn3)c2C)n(-c2cc(C)c3ccccc3n2)n1.